The summed E-state index contributed by atoms with van der Waals surface area (Å²) < 4.78 is 5.95. The van der Waals surface area contributed by atoms with Gasteiger partial charge >= 0.3 is 0 Å². The van der Waals surface area contributed by atoms with Gasteiger partial charge in [0, 0.05) is 37.5 Å². The quantitative estimate of drug-likeness (QED) is 0.846. The minimum absolute atomic E-state index is 0.171. The smallest absolute Gasteiger partial charge is 0.225 e. The number of likely N-dealkylation sites (tertiary alicyclic amines) is 1. The average molecular weight is 335 g/mol. The van der Waals surface area contributed by atoms with E-state index in [4.69, 9.17) is 4.74 Å². The molecule has 1 amide bonds. The Bertz CT molecular complexity index is 584. The van der Waals surface area contributed by atoms with Crippen LogP contribution in [0.3, 0.4) is 0 Å². The first-order valence-electron chi connectivity index (χ1n) is 8.65. The van der Waals surface area contributed by atoms with Gasteiger partial charge in [0.1, 0.15) is 0 Å². The number of rotatable bonds is 3. The third-order valence-corrected chi connectivity index (χ3v) is 6.31. The molecule has 126 valence electrons. The topological polar surface area (TPSA) is 45.7 Å². The number of morpholine rings is 1. The summed E-state index contributed by atoms with van der Waals surface area (Å²) in [6.07, 6.45) is 2.30. The Labute approximate surface area is 141 Å². The van der Waals surface area contributed by atoms with Crippen LogP contribution in [0.2, 0.25) is 0 Å². The van der Waals surface area contributed by atoms with Crippen molar-refractivity contribution in [2.75, 3.05) is 26.2 Å². The second kappa shape index (κ2) is 6.15. The van der Waals surface area contributed by atoms with E-state index >= 15 is 0 Å². The lowest BCUT2D eigenvalue weighted by molar-refractivity contribution is -0.139. The van der Waals surface area contributed by atoms with E-state index in [-0.39, 0.29) is 12.0 Å². The van der Waals surface area contributed by atoms with Crippen molar-refractivity contribution in [1.82, 2.24) is 14.8 Å². The maximum Gasteiger partial charge on any atom is 0.225 e. The Morgan fingerprint density at radius 2 is 2.26 bits per heavy atom. The van der Waals surface area contributed by atoms with Crippen LogP contribution in [-0.2, 0) is 16.1 Å². The van der Waals surface area contributed by atoms with Gasteiger partial charge in [0.2, 0.25) is 5.91 Å². The van der Waals surface area contributed by atoms with Gasteiger partial charge in [-0.2, -0.15) is 0 Å². The summed E-state index contributed by atoms with van der Waals surface area (Å²) in [7, 11) is 0. The summed E-state index contributed by atoms with van der Waals surface area (Å²) in [5.41, 5.74) is 1.14. The lowest BCUT2D eigenvalue weighted by Crippen LogP contribution is -2.50. The first kappa shape index (κ1) is 15.5. The van der Waals surface area contributed by atoms with E-state index in [1.165, 1.54) is 0 Å². The van der Waals surface area contributed by atoms with Gasteiger partial charge in [-0.1, -0.05) is 6.92 Å². The van der Waals surface area contributed by atoms with Crippen molar-refractivity contribution in [2.24, 2.45) is 11.8 Å². The average Bonchev–Trinajstić information content (AvgIpc) is 3.10. The van der Waals surface area contributed by atoms with Crippen molar-refractivity contribution in [2.45, 2.75) is 45.4 Å². The molecule has 0 N–H and O–H groups in total. The molecule has 0 bridgehead atoms. The predicted molar refractivity (Wildman–Crippen MR) is 89.3 cm³/mol. The molecular formula is C17H25N3O2S. The summed E-state index contributed by atoms with van der Waals surface area (Å²) >= 11 is 1.70. The molecule has 2 aliphatic heterocycles. The van der Waals surface area contributed by atoms with Crippen LogP contribution in [0.4, 0.5) is 0 Å². The largest absolute Gasteiger partial charge is 0.373 e. The third-order valence-electron chi connectivity index (χ3n) is 5.48. The van der Waals surface area contributed by atoms with E-state index in [1.54, 1.807) is 11.3 Å². The summed E-state index contributed by atoms with van der Waals surface area (Å²) in [5, 5.41) is 3.26. The number of hydrogen-bond donors (Lipinski definition) is 0. The highest BCUT2D eigenvalue weighted by Crippen LogP contribution is 2.36. The van der Waals surface area contributed by atoms with Gasteiger partial charge in [-0.3, -0.25) is 9.69 Å². The molecule has 0 aromatic carbocycles. The van der Waals surface area contributed by atoms with E-state index in [0.29, 0.717) is 11.9 Å². The van der Waals surface area contributed by atoms with E-state index in [1.807, 2.05) is 6.92 Å². The zero-order valence-corrected chi connectivity index (χ0v) is 14.7. The Balaban J connectivity index is 1.41. The minimum Gasteiger partial charge on any atom is -0.373 e. The van der Waals surface area contributed by atoms with Gasteiger partial charge in [-0.25, -0.2) is 4.98 Å². The van der Waals surface area contributed by atoms with Crippen molar-refractivity contribution < 1.29 is 9.53 Å². The van der Waals surface area contributed by atoms with Gasteiger partial charge in [-0.15, -0.1) is 11.3 Å². The second-order valence-corrected chi connectivity index (χ2v) is 8.38. The van der Waals surface area contributed by atoms with Crippen LogP contribution >= 0.6 is 11.3 Å². The molecule has 2 atom stereocenters. The highest BCUT2D eigenvalue weighted by atomic mass is 32.1. The molecule has 6 heteroatoms. The number of hydrogen-bond acceptors (Lipinski definition) is 5. The van der Waals surface area contributed by atoms with Crippen LogP contribution in [0.1, 0.15) is 30.5 Å². The molecule has 2 saturated heterocycles. The fourth-order valence-electron chi connectivity index (χ4n) is 4.19. The SMILES string of the molecule is Cc1nc(CN2CCO[C@H]3CN(C(=O)C4CC(C)C4)C[C@H]32)cs1. The maximum atomic E-state index is 12.6. The van der Waals surface area contributed by atoms with E-state index in [0.717, 1.165) is 62.2 Å². The molecule has 0 unspecified atom stereocenters. The lowest BCUT2D eigenvalue weighted by atomic mass is 9.75. The summed E-state index contributed by atoms with van der Waals surface area (Å²) in [6, 6.07) is 0.326. The molecule has 5 nitrogen and oxygen atoms in total. The fourth-order valence-corrected chi connectivity index (χ4v) is 4.79. The van der Waals surface area contributed by atoms with Crippen molar-refractivity contribution in [3.8, 4) is 0 Å². The molecule has 0 radical (unpaired) electrons. The Hall–Kier alpha value is -0.980. The molecule has 1 aliphatic carbocycles. The summed E-state index contributed by atoms with van der Waals surface area (Å²) in [6.45, 7) is 8.42. The monoisotopic (exact) mass is 335 g/mol. The normalized spacial score (nSPS) is 34.3. The van der Waals surface area contributed by atoms with Crippen LogP contribution < -0.4 is 0 Å². The van der Waals surface area contributed by atoms with Gasteiger partial charge in [0.25, 0.3) is 0 Å². The molecule has 0 spiro atoms. The molecular weight excluding hydrogens is 310 g/mol. The number of fused-ring (bicyclic) bond motifs is 1. The molecule has 3 aliphatic rings. The molecule has 1 aromatic heterocycles. The van der Waals surface area contributed by atoms with Gasteiger partial charge < -0.3 is 9.64 Å². The number of amides is 1. The zero-order valence-electron chi connectivity index (χ0n) is 13.9. The molecule has 1 saturated carbocycles. The first-order valence-corrected chi connectivity index (χ1v) is 9.53. The van der Waals surface area contributed by atoms with Crippen molar-refractivity contribution >= 4 is 17.2 Å². The van der Waals surface area contributed by atoms with Crippen LogP contribution in [0.25, 0.3) is 0 Å². The van der Waals surface area contributed by atoms with E-state index < -0.39 is 0 Å². The van der Waals surface area contributed by atoms with Crippen LogP contribution in [0.5, 0.6) is 0 Å². The number of carbonyl (C=O) groups is 1. The fraction of sp³-hybridized carbons (Fsp3) is 0.765. The molecule has 3 heterocycles. The number of carbonyl (C=O) groups excluding carboxylic acids is 1. The number of aromatic nitrogens is 1. The van der Waals surface area contributed by atoms with Crippen LogP contribution in [0.15, 0.2) is 5.38 Å². The van der Waals surface area contributed by atoms with Crippen LogP contribution in [-0.4, -0.2) is 59.1 Å². The number of nitrogens with zero attached hydrogens (tertiary/aromatic N) is 3. The summed E-state index contributed by atoms with van der Waals surface area (Å²) in [4.78, 5) is 21.7. The van der Waals surface area contributed by atoms with E-state index in [9.17, 15) is 4.79 Å². The molecule has 1 aromatic rings. The third kappa shape index (κ3) is 3.04. The Morgan fingerprint density at radius 1 is 1.43 bits per heavy atom. The number of aryl methyl sites for hydroxylation is 1. The summed E-state index contributed by atoms with van der Waals surface area (Å²) in [5.74, 6) is 1.33. The highest BCUT2D eigenvalue weighted by molar-refractivity contribution is 7.09. The molecule has 23 heavy (non-hydrogen) atoms. The van der Waals surface area contributed by atoms with Gasteiger partial charge in [0.05, 0.1) is 29.5 Å². The molecule has 3 fully saturated rings. The van der Waals surface area contributed by atoms with Gasteiger partial charge in [0.15, 0.2) is 0 Å². The maximum absolute atomic E-state index is 12.6. The van der Waals surface area contributed by atoms with Gasteiger partial charge in [-0.05, 0) is 25.7 Å². The Morgan fingerprint density at radius 3 is 2.96 bits per heavy atom. The first-order chi connectivity index (χ1) is 11.1. The zero-order chi connectivity index (χ0) is 16.0. The van der Waals surface area contributed by atoms with Crippen molar-refractivity contribution in [1.29, 1.82) is 0 Å². The van der Waals surface area contributed by atoms with Crippen molar-refractivity contribution in [3.63, 3.8) is 0 Å². The predicted octanol–water partition coefficient (Wildman–Crippen LogP) is 1.91. The number of thiazole rings is 1. The standard InChI is InChI=1S/C17H25N3O2S/c1-11-5-13(6-11)17(21)20-8-15-16(9-20)22-4-3-19(15)7-14-10-23-12(2)18-14/h10-11,13,15-16H,3-9H2,1-2H3/t11?,13?,15-,16+/m1/s1. The van der Waals surface area contributed by atoms with E-state index in [2.05, 4.69) is 27.1 Å². The minimum atomic E-state index is 0.171. The van der Waals surface area contributed by atoms with Crippen LogP contribution in [0, 0.1) is 18.8 Å². The van der Waals surface area contributed by atoms with Crippen molar-refractivity contribution in [3.05, 3.63) is 16.1 Å². The lowest BCUT2D eigenvalue weighted by Gasteiger charge is -2.36. The highest BCUT2D eigenvalue weighted by Gasteiger charge is 2.44. The molecule has 4 rings (SSSR count). The second-order valence-electron chi connectivity index (χ2n) is 7.32. The number of ether oxygens (including phenoxy) is 1. The Kier molecular flexibility index (Phi) is 4.15.